The lowest BCUT2D eigenvalue weighted by molar-refractivity contribution is -0.144. The molecule has 1 atom stereocenters. The summed E-state index contributed by atoms with van der Waals surface area (Å²) >= 11 is 0. The van der Waals surface area contributed by atoms with Crippen molar-refractivity contribution in [2.45, 2.75) is 57.4 Å². The van der Waals surface area contributed by atoms with Crippen LogP contribution in [0.15, 0.2) is 0 Å². The number of unbranched alkanes of at least 4 members (excludes halogenated alkanes) is 1. The fourth-order valence-corrected chi connectivity index (χ4v) is 1.98. The second-order valence-corrected chi connectivity index (χ2v) is 4.25. The van der Waals surface area contributed by atoms with Crippen LogP contribution < -0.4 is 11.2 Å². The fourth-order valence-electron chi connectivity index (χ4n) is 1.98. The molecule has 0 radical (unpaired) electrons. The van der Waals surface area contributed by atoms with Crippen LogP contribution >= 0.6 is 0 Å². The van der Waals surface area contributed by atoms with Gasteiger partial charge >= 0.3 is 5.97 Å². The van der Waals surface area contributed by atoms with Gasteiger partial charge in [-0.2, -0.15) is 5.90 Å². The first kappa shape index (κ1) is 13.0. The molecule has 0 aromatic heterocycles. The summed E-state index contributed by atoms with van der Waals surface area (Å²) < 4.78 is 0. The molecular formula is C11H20N2O3. The second kappa shape index (κ2) is 7.22. The number of nitrogens with one attached hydrogen (secondary N) is 1. The molecule has 0 spiro atoms. The molecule has 1 aliphatic heterocycles. The molecule has 0 saturated carbocycles. The molecule has 0 aliphatic carbocycles. The monoisotopic (exact) mass is 228 g/mol. The molecule has 5 nitrogen and oxygen atoms in total. The summed E-state index contributed by atoms with van der Waals surface area (Å²) in [6, 6.07) is 0.281. The SMILES string of the molecule is NOC(=O)CCCCC1CCCCC(=O)N1. The molecule has 1 fully saturated rings. The minimum atomic E-state index is -0.370. The fraction of sp³-hybridized carbons (Fsp3) is 0.818. The molecule has 0 aromatic carbocycles. The maximum atomic E-state index is 11.3. The van der Waals surface area contributed by atoms with E-state index in [1.165, 1.54) is 0 Å². The Balaban J connectivity index is 2.11. The third-order valence-corrected chi connectivity index (χ3v) is 2.89. The maximum absolute atomic E-state index is 11.3. The average Bonchev–Trinajstić information content (AvgIpc) is 2.48. The summed E-state index contributed by atoms with van der Waals surface area (Å²) in [4.78, 5) is 26.1. The van der Waals surface area contributed by atoms with E-state index in [4.69, 9.17) is 5.90 Å². The van der Waals surface area contributed by atoms with E-state index in [9.17, 15) is 9.59 Å². The summed E-state index contributed by atoms with van der Waals surface area (Å²) in [5.41, 5.74) is 0. The van der Waals surface area contributed by atoms with Crippen LogP contribution in [0.5, 0.6) is 0 Å². The third-order valence-electron chi connectivity index (χ3n) is 2.89. The molecule has 1 unspecified atom stereocenters. The number of amides is 1. The smallest absolute Gasteiger partial charge is 0.324 e. The van der Waals surface area contributed by atoms with Crippen LogP contribution in [0.3, 0.4) is 0 Å². The molecular weight excluding hydrogens is 208 g/mol. The number of carbonyl (C=O) groups excluding carboxylic acids is 2. The first-order chi connectivity index (χ1) is 7.72. The van der Waals surface area contributed by atoms with Gasteiger partial charge in [-0.1, -0.05) is 12.8 Å². The zero-order valence-corrected chi connectivity index (χ0v) is 9.54. The Bertz CT molecular complexity index is 243. The van der Waals surface area contributed by atoms with Crippen molar-refractivity contribution in [1.29, 1.82) is 0 Å². The van der Waals surface area contributed by atoms with Crippen molar-refractivity contribution < 1.29 is 14.4 Å². The van der Waals surface area contributed by atoms with Gasteiger partial charge < -0.3 is 10.2 Å². The molecule has 0 aromatic rings. The lowest BCUT2D eigenvalue weighted by Crippen LogP contribution is -2.32. The second-order valence-electron chi connectivity index (χ2n) is 4.25. The van der Waals surface area contributed by atoms with Crippen molar-refractivity contribution in [3.05, 3.63) is 0 Å². The van der Waals surface area contributed by atoms with Gasteiger partial charge in [0.25, 0.3) is 0 Å². The van der Waals surface area contributed by atoms with E-state index in [0.717, 1.165) is 38.5 Å². The topological polar surface area (TPSA) is 81.4 Å². The number of carbonyl (C=O) groups is 2. The van der Waals surface area contributed by atoms with E-state index in [1.807, 2.05) is 0 Å². The van der Waals surface area contributed by atoms with Gasteiger partial charge in [0.15, 0.2) is 0 Å². The molecule has 5 heteroatoms. The molecule has 0 bridgehead atoms. The Hall–Kier alpha value is -1.10. The Morgan fingerprint density at radius 3 is 3.00 bits per heavy atom. The summed E-state index contributed by atoms with van der Waals surface area (Å²) in [7, 11) is 0. The van der Waals surface area contributed by atoms with Crippen molar-refractivity contribution in [3.63, 3.8) is 0 Å². The van der Waals surface area contributed by atoms with Gasteiger partial charge in [0.2, 0.25) is 5.91 Å². The van der Waals surface area contributed by atoms with Gasteiger partial charge in [-0.3, -0.25) is 9.59 Å². The third kappa shape index (κ3) is 5.11. The molecule has 92 valence electrons. The Kier molecular flexibility index (Phi) is 5.85. The van der Waals surface area contributed by atoms with Crippen LogP contribution in [0.25, 0.3) is 0 Å². The summed E-state index contributed by atoms with van der Waals surface area (Å²) in [5, 5.41) is 3.00. The Labute approximate surface area is 95.7 Å². The van der Waals surface area contributed by atoms with E-state index in [2.05, 4.69) is 10.2 Å². The van der Waals surface area contributed by atoms with Crippen molar-refractivity contribution >= 4 is 11.9 Å². The normalized spacial score (nSPS) is 21.1. The number of nitrogens with two attached hydrogens (primary N) is 1. The van der Waals surface area contributed by atoms with Gasteiger partial charge in [0.1, 0.15) is 0 Å². The molecule has 3 N–H and O–H groups in total. The first-order valence-corrected chi connectivity index (χ1v) is 5.91. The first-order valence-electron chi connectivity index (χ1n) is 5.91. The zero-order valence-electron chi connectivity index (χ0n) is 9.54. The predicted molar refractivity (Wildman–Crippen MR) is 59.1 cm³/mol. The van der Waals surface area contributed by atoms with Gasteiger partial charge in [0.05, 0.1) is 0 Å². The van der Waals surface area contributed by atoms with Crippen LogP contribution in [-0.4, -0.2) is 17.9 Å². The van der Waals surface area contributed by atoms with Crippen LogP contribution in [0.2, 0.25) is 0 Å². The minimum Gasteiger partial charge on any atom is -0.373 e. The van der Waals surface area contributed by atoms with Gasteiger partial charge in [-0.05, 0) is 25.7 Å². The summed E-state index contributed by atoms with van der Waals surface area (Å²) in [6.07, 6.45) is 6.77. The lowest BCUT2D eigenvalue weighted by Gasteiger charge is -2.15. The molecule has 16 heavy (non-hydrogen) atoms. The number of hydrogen-bond donors (Lipinski definition) is 2. The average molecular weight is 228 g/mol. The zero-order chi connectivity index (χ0) is 11.8. The quantitative estimate of drug-likeness (QED) is 0.544. The molecule has 1 heterocycles. The number of hydrogen-bond acceptors (Lipinski definition) is 4. The largest absolute Gasteiger partial charge is 0.373 e. The van der Waals surface area contributed by atoms with E-state index in [-0.39, 0.29) is 17.9 Å². The minimum absolute atomic E-state index is 0.156. The Morgan fingerprint density at radius 1 is 1.44 bits per heavy atom. The van der Waals surface area contributed by atoms with Crippen molar-refractivity contribution in [2.24, 2.45) is 5.90 Å². The highest BCUT2D eigenvalue weighted by Crippen LogP contribution is 2.14. The highest BCUT2D eigenvalue weighted by Gasteiger charge is 2.15. The van der Waals surface area contributed by atoms with Crippen molar-refractivity contribution in [3.8, 4) is 0 Å². The van der Waals surface area contributed by atoms with Crippen molar-refractivity contribution in [1.82, 2.24) is 5.32 Å². The highest BCUT2D eigenvalue weighted by molar-refractivity contribution is 5.76. The summed E-state index contributed by atoms with van der Waals surface area (Å²) in [5.74, 6) is 4.52. The van der Waals surface area contributed by atoms with Gasteiger partial charge in [0, 0.05) is 18.9 Å². The van der Waals surface area contributed by atoms with Crippen LogP contribution in [0, 0.1) is 0 Å². The molecule has 1 amide bonds. The Morgan fingerprint density at radius 2 is 2.25 bits per heavy atom. The van der Waals surface area contributed by atoms with E-state index in [0.29, 0.717) is 12.8 Å². The molecule has 1 aliphatic rings. The van der Waals surface area contributed by atoms with E-state index < -0.39 is 0 Å². The van der Waals surface area contributed by atoms with Crippen LogP contribution in [0.1, 0.15) is 51.4 Å². The van der Waals surface area contributed by atoms with E-state index in [1.54, 1.807) is 0 Å². The standard InChI is InChI=1S/C11H20N2O3/c12-16-11(15)8-4-2-6-9-5-1-3-7-10(14)13-9/h9H,1-8,12H2,(H,13,14). The van der Waals surface area contributed by atoms with Crippen LogP contribution in [0.4, 0.5) is 0 Å². The number of rotatable bonds is 5. The van der Waals surface area contributed by atoms with Crippen LogP contribution in [-0.2, 0) is 14.4 Å². The predicted octanol–water partition coefficient (Wildman–Crippen LogP) is 1.02. The van der Waals surface area contributed by atoms with E-state index >= 15 is 0 Å². The van der Waals surface area contributed by atoms with Gasteiger partial charge in [-0.15, -0.1) is 0 Å². The van der Waals surface area contributed by atoms with Gasteiger partial charge in [-0.25, -0.2) is 0 Å². The highest BCUT2D eigenvalue weighted by atomic mass is 16.7. The summed E-state index contributed by atoms with van der Waals surface area (Å²) in [6.45, 7) is 0. The molecule has 1 saturated heterocycles. The lowest BCUT2D eigenvalue weighted by atomic mass is 10.0. The molecule has 1 rings (SSSR count). The van der Waals surface area contributed by atoms with Crippen molar-refractivity contribution in [2.75, 3.05) is 0 Å². The maximum Gasteiger partial charge on any atom is 0.324 e.